The smallest absolute Gasteiger partial charge is 0.227 e. The molecule has 0 radical (unpaired) electrons. The zero-order chi connectivity index (χ0) is 18.5. The number of piperidine rings is 1. The highest BCUT2D eigenvalue weighted by atomic mass is 35.5. The number of likely N-dealkylation sites (tertiary alicyclic amines) is 1. The third-order valence-electron chi connectivity index (χ3n) is 5.62. The van der Waals surface area contributed by atoms with Gasteiger partial charge in [-0.2, -0.15) is 0 Å². The molecular weight excluding hydrogens is 399 g/mol. The summed E-state index contributed by atoms with van der Waals surface area (Å²) >= 11 is 0. The van der Waals surface area contributed by atoms with Gasteiger partial charge in [0.15, 0.2) is 0 Å². The second-order valence-corrected chi connectivity index (χ2v) is 7.79. The molecule has 2 aliphatic rings. The molecule has 5 N–H and O–H groups in total. The molecule has 3 unspecified atom stereocenters. The number of anilines is 1. The minimum atomic E-state index is -0.199. The first-order chi connectivity index (χ1) is 12.5. The van der Waals surface area contributed by atoms with Gasteiger partial charge in [-0.05, 0) is 56.3 Å². The summed E-state index contributed by atoms with van der Waals surface area (Å²) in [5.74, 6) is -0.134. The van der Waals surface area contributed by atoms with Crippen molar-refractivity contribution in [2.75, 3.05) is 18.4 Å². The van der Waals surface area contributed by atoms with Crippen LogP contribution in [0.15, 0.2) is 24.3 Å². The maximum atomic E-state index is 12.4. The lowest BCUT2D eigenvalue weighted by Gasteiger charge is -2.31. The molecule has 1 aromatic rings. The zero-order valence-corrected chi connectivity index (χ0v) is 17.8. The Kier molecular flexibility index (Phi) is 10.2. The second-order valence-electron chi connectivity index (χ2n) is 7.79. The molecule has 6 nitrogen and oxygen atoms in total. The zero-order valence-electron chi connectivity index (χ0n) is 16.1. The van der Waals surface area contributed by atoms with Crippen LogP contribution in [0.5, 0.6) is 0 Å². The first kappa shape index (κ1) is 24.7. The van der Waals surface area contributed by atoms with Crippen LogP contribution in [0, 0.1) is 11.8 Å². The Morgan fingerprint density at radius 3 is 2.36 bits per heavy atom. The SMILES string of the molecule is Cl.Cl.NC(=O)C1CCCN(Cc2ccc(NC(=O)C3CCCC(N)C3)cc2)C1. The normalized spacial score (nSPS) is 25.1. The number of carbonyl (C=O) groups excluding carboxylic acids is 2. The average Bonchev–Trinajstić information content (AvgIpc) is 2.63. The molecule has 8 heteroatoms. The van der Waals surface area contributed by atoms with Gasteiger partial charge in [0.25, 0.3) is 0 Å². The maximum absolute atomic E-state index is 12.4. The van der Waals surface area contributed by atoms with Crippen LogP contribution >= 0.6 is 24.8 Å². The molecule has 2 fully saturated rings. The first-order valence-corrected chi connectivity index (χ1v) is 9.68. The van der Waals surface area contributed by atoms with E-state index in [4.69, 9.17) is 11.5 Å². The van der Waals surface area contributed by atoms with Crippen LogP contribution in [0.25, 0.3) is 0 Å². The van der Waals surface area contributed by atoms with E-state index >= 15 is 0 Å². The van der Waals surface area contributed by atoms with Gasteiger partial charge in [-0.25, -0.2) is 0 Å². The second kappa shape index (κ2) is 11.6. The van der Waals surface area contributed by atoms with Crippen LogP contribution in [0.3, 0.4) is 0 Å². The number of rotatable bonds is 5. The standard InChI is InChI=1S/C20H30N4O2.2ClH/c21-17-5-1-3-15(11-17)20(26)23-18-8-6-14(7-9-18)12-24-10-2-4-16(13-24)19(22)25;;/h6-9,15-17H,1-5,10-13,21H2,(H2,22,25)(H,23,26);2*1H. The molecule has 1 saturated carbocycles. The molecular formula is C20H32Cl2N4O2. The van der Waals surface area contributed by atoms with Gasteiger partial charge in [-0.15, -0.1) is 24.8 Å². The van der Waals surface area contributed by atoms with Crippen molar-refractivity contribution in [3.05, 3.63) is 29.8 Å². The average molecular weight is 431 g/mol. The van der Waals surface area contributed by atoms with Crippen LogP contribution < -0.4 is 16.8 Å². The lowest BCUT2D eigenvalue weighted by molar-refractivity contribution is -0.123. The minimum Gasteiger partial charge on any atom is -0.369 e. The van der Waals surface area contributed by atoms with E-state index in [0.29, 0.717) is 0 Å². The summed E-state index contributed by atoms with van der Waals surface area (Å²) in [4.78, 5) is 26.1. The van der Waals surface area contributed by atoms with E-state index in [1.54, 1.807) is 0 Å². The number of hydrogen-bond donors (Lipinski definition) is 3. The van der Waals surface area contributed by atoms with Gasteiger partial charge < -0.3 is 16.8 Å². The van der Waals surface area contributed by atoms with Crippen LogP contribution in [-0.2, 0) is 16.1 Å². The van der Waals surface area contributed by atoms with E-state index in [1.165, 1.54) is 5.56 Å². The monoisotopic (exact) mass is 430 g/mol. The predicted octanol–water partition coefficient (Wildman–Crippen LogP) is 2.68. The van der Waals surface area contributed by atoms with Crippen molar-refractivity contribution in [1.29, 1.82) is 0 Å². The number of hydrogen-bond acceptors (Lipinski definition) is 4. The third kappa shape index (κ3) is 6.92. The first-order valence-electron chi connectivity index (χ1n) is 9.68. The predicted molar refractivity (Wildman–Crippen MR) is 117 cm³/mol. The molecule has 1 saturated heterocycles. The molecule has 3 atom stereocenters. The summed E-state index contributed by atoms with van der Waals surface area (Å²) in [6.45, 7) is 2.52. The summed E-state index contributed by atoms with van der Waals surface area (Å²) < 4.78 is 0. The highest BCUT2D eigenvalue weighted by molar-refractivity contribution is 5.92. The largest absolute Gasteiger partial charge is 0.369 e. The van der Waals surface area contributed by atoms with Crippen molar-refractivity contribution in [1.82, 2.24) is 4.90 Å². The number of halogens is 2. The number of nitrogens with zero attached hydrogens (tertiary/aromatic N) is 1. The van der Waals surface area contributed by atoms with E-state index in [-0.39, 0.29) is 54.5 Å². The fraction of sp³-hybridized carbons (Fsp3) is 0.600. The van der Waals surface area contributed by atoms with Crippen LogP contribution in [0.1, 0.15) is 44.1 Å². The van der Waals surface area contributed by atoms with Gasteiger partial charge in [0, 0.05) is 30.7 Å². The van der Waals surface area contributed by atoms with E-state index in [1.807, 2.05) is 24.3 Å². The number of carbonyl (C=O) groups is 2. The number of nitrogens with one attached hydrogen (secondary N) is 1. The summed E-state index contributed by atoms with van der Waals surface area (Å²) in [7, 11) is 0. The van der Waals surface area contributed by atoms with Crippen LogP contribution in [0.2, 0.25) is 0 Å². The van der Waals surface area contributed by atoms with Crippen molar-refractivity contribution in [3.8, 4) is 0 Å². The molecule has 0 bridgehead atoms. The van der Waals surface area contributed by atoms with Crippen molar-refractivity contribution in [2.24, 2.45) is 23.3 Å². The molecule has 0 aromatic heterocycles. The lowest BCUT2D eigenvalue weighted by Crippen LogP contribution is -2.40. The number of primary amides is 1. The third-order valence-corrected chi connectivity index (χ3v) is 5.62. The Bertz CT molecular complexity index is 642. The Balaban J connectivity index is 0.00000196. The Hall–Kier alpha value is -1.34. The van der Waals surface area contributed by atoms with Crippen molar-refractivity contribution >= 4 is 42.3 Å². The van der Waals surface area contributed by atoms with E-state index in [2.05, 4.69) is 10.2 Å². The highest BCUT2D eigenvalue weighted by Gasteiger charge is 2.26. The minimum absolute atomic E-state index is 0. The summed E-state index contributed by atoms with van der Waals surface area (Å²) in [6.07, 6.45) is 5.65. The highest BCUT2D eigenvalue weighted by Crippen LogP contribution is 2.25. The van der Waals surface area contributed by atoms with Crippen molar-refractivity contribution in [2.45, 2.75) is 51.1 Å². The number of amides is 2. The van der Waals surface area contributed by atoms with Gasteiger partial charge in [0.1, 0.15) is 0 Å². The molecule has 1 heterocycles. The maximum Gasteiger partial charge on any atom is 0.227 e. The summed E-state index contributed by atoms with van der Waals surface area (Å²) in [6, 6.07) is 8.12. The fourth-order valence-corrected chi connectivity index (χ4v) is 4.09. The lowest BCUT2D eigenvalue weighted by atomic mass is 9.85. The van der Waals surface area contributed by atoms with Gasteiger partial charge in [0.2, 0.25) is 11.8 Å². The topological polar surface area (TPSA) is 101 Å². The Labute approximate surface area is 179 Å². The van der Waals surface area contributed by atoms with Crippen molar-refractivity contribution in [3.63, 3.8) is 0 Å². The molecule has 2 amide bonds. The summed E-state index contributed by atoms with van der Waals surface area (Å²) in [5.41, 5.74) is 13.4. The van der Waals surface area contributed by atoms with E-state index < -0.39 is 0 Å². The Morgan fingerprint density at radius 2 is 1.71 bits per heavy atom. The van der Waals surface area contributed by atoms with Crippen LogP contribution in [-0.4, -0.2) is 35.8 Å². The molecule has 28 heavy (non-hydrogen) atoms. The molecule has 0 spiro atoms. The fourth-order valence-electron chi connectivity index (χ4n) is 4.09. The molecule has 158 valence electrons. The number of benzene rings is 1. The van der Waals surface area contributed by atoms with Crippen LogP contribution in [0.4, 0.5) is 5.69 Å². The molecule has 3 rings (SSSR count). The Morgan fingerprint density at radius 1 is 1.04 bits per heavy atom. The molecule has 1 aliphatic heterocycles. The van der Waals surface area contributed by atoms with Gasteiger partial charge in [-0.1, -0.05) is 18.6 Å². The molecule has 1 aromatic carbocycles. The van der Waals surface area contributed by atoms with Gasteiger partial charge in [-0.3, -0.25) is 14.5 Å². The quantitative estimate of drug-likeness (QED) is 0.667. The summed E-state index contributed by atoms with van der Waals surface area (Å²) in [5, 5.41) is 3.02. The van der Waals surface area contributed by atoms with Gasteiger partial charge >= 0.3 is 0 Å². The number of nitrogens with two attached hydrogens (primary N) is 2. The van der Waals surface area contributed by atoms with Crippen molar-refractivity contribution < 1.29 is 9.59 Å². The van der Waals surface area contributed by atoms with E-state index in [9.17, 15) is 9.59 Å². The van der Waals surface area contributed by atoms with E-state index in [0.717, 1.165) is 63.8 Å². The van der Waals surface area contributed by atoms with Gasteiger partial charge in [0.05, 0.1) is 5.92 Å². The molecule has 1 aliphatic carbocycles.